The van der Waals surface area contributed by atoms with Crippen molar-refractivity contribution in [2.75, 3.05) is 12.0 Å². The number of amides is 1. The van der Waals surface area contributed by atoms with Crippen molar-refractivity contribution in [3.05, 3.63) is 58.7 Å². The Hall–Kier alpha value is -3.19. The van der Waals surface area contributed by atoms with Gasteiger partial charge in [0, 0.05) is 16.3 Å². The van der Waals surface area contributed by atoms with E-state index in [1.807, 2.05) is 6.92 Å². The number of carbonyl (C=O) groups is 2. The Bertz CT molecular complexity index is 1060. The number of fused-ring (bicyclic) bond motifs is 3. The van der Waals surface area contributed by atoms with E-state index in [9.17, 15) is 9.59 Å². The number of benzene rings is 2. The minimum Gasteiger partial charge on any atom is -0.465 e. The van der Waals surface area contributed by atoms with E-state index >= 15 is 0 Å². The Labute approximate surface area is 160 Å². The van der Waals surface area contributed by atoms with Crippen molar-refractivity contribution in [2.45, 2.75) is 13.5 Å². The number of aryl methyl sites for hydroxylation is 1. The molecule has 0 atom stereocenters. The third-order valence-corrected chi connectivity index (χ3v) is 4.69. The van der Waals surface area contributed by atoms with Crippen LogP contribution >= 0.6 is 11.6 Å². The van der Waals surface area contributed by atoms with E-state index in [4.69, 9.17) is 16.3 Å². The zero-order valence-corrected chi connectivity index (χ0v) is 15.4. The Morgan fingerprint density at radius 1 is 1.19 bits per heavy atom. The van der Waals surface area contributed by atoms with Gasteiger partial charge in [0.25, 0.3) is 5.91 Å². The minimum atomic E-state index is -0.478. The van der Waals surface area contributed by atoms with Gasteiger partial charge >= 0.3 is 5.97 Å². The van der Waals surface area contributed by atoms with Crippen molar-refractivity contribution < 1.29 is 14.3 Å². The average Bonchev–Trinajstić information content (AvgIpc) is 2.96. The van der Waals surface area contributed by atoms with Crippen molar-refractivity contribution in [3.8, 4) is 11.3 Å². The molecule has 1 aliphatic heterocycles. The molecule has 1 aliphatic rings. The van der Waals surface area contributed by atoms with Crippen molar-refractivity contribution >= 4 is 34.9 Å². The third-order valence-electron chi connectivity index (χ3n) is 4.44. The highest BCUT2D eigenvalue weighted by atomic mass is 35.5. The van der Waals surface area contributed by atoms with Gasteiger partial charge in [0.15, 0.2) is 0 Å². The summed E-state index contributed by atoms with van der Waals surface area (Å²) in [6.45, 7) is 1.86. The second-order valence-corrected chi connectivity index (χ2v) is 6.55. The average molecular weight is 383 g/mol. The number of carbonyl (C=O) groups excluding carboxylic acids is 2. The molecule has 0 aliphatic carbocycles. The van der Waals surface area contributed by atoms with Crippen molar-refractivity contribution in [1.82, 2.24) is 15.0 Å². The fourth-order valence-electron chi connectivity index (χ4n) is 3.21. The van der Waals surface area contributed by atoms with Gasteiger partial charge in [-0.15, -0.1) is 5.10 Å². The Morgan fingerprint density at radius 3 is 2.63 bits per heavy atom. The Morgan fingerprint density at radius 2 is 1.93 bits per heavy atom. The number of ether oxygens (including phenoxy) is 1. The number of hydrogen-bond donors (Lipinski definition) is 0. The summed E-state index contributed by atoms with van der Waals surface area (Å²) in [6.07, 6.45) is 0. The molecular formula is C19H15ClN4O3. The van der Waals surface area contributed by atoms with Gasteiger partial charge in [-0.3, -0.25) is 9.69 Å². The van der Waals surface area contributed by atoms with Gasteiger partial charge in [-0.25, -0.2) is 9.48 Å². The highest BCUT2D eigenvalue weighted by Gasteiger charge is 2.30. The van der Waals surface area contributed by atoms with E-state index in [1.54, 1.807) is 52.0 Å². The van der Waals surface area contributed by atoms with Crippen LogP contribution in [0.1, 0.15) is 16.1 Å². The summed E-state index contributed by atoms with van der Waals surface area (Å²) in [5.41, 5.74) is 3.75. The van der Waals surface area contributed by atoms with Crippen molar-refractivity contribution in [2.24, 2.45) is 0 Å². The molecular weight excluding hydrogens is 368 g/mol. The molecule has 1 aromatic heterocycles. The SMILES string of the molecule is COC(=O)c1ccc2c(c1)N(c1ccc(Cl)cc1)C(=O)Cn1nnc(C)c1-2. The summed E-state index contributed by atoms with van der Waals surface area (Å²) in [6, 6.07) is 12.0. The number of anilines is 2. The normalized spacial score (nSPS) is 13.0. The molecule has 1 amide bonds. The smallest absolute Gasteiger partial charge is 0.337 e. The first-order valence-electron chi connectivity index (χ1n) is 8.21. The lowest BCUT2D eigenvalue weighted by atomic mass is 10.0. The van der Waals surface area contributed by atoms with Gasteiger partial charge < -0.3 is 4.74 Å². The van der Waals surface area contributed by atoms with Crippen molar-refractivity contribution in [1.29, 1.82) is 0 Å². The fourth-order valence-corrected chi connectivity index (χ4v) is 3.34. The molecule has 3 aromatic rings. The highest BCUT2D eigenvalue weighted by Crippen LogP contribution is 2.39. The van der Waals surface area contributed by atoms with Crippen LogP contribution in [0.3, 0.4) is 0 Å². The summed E-state index contributed by atoms with van der Waals surface area (Å²) in [5.74, 6) is -0.682. The van der Waals surface area contributed by atoms with E-state index < -0.39 is 5.97 Å². The van der Waals surface area contributed by atoms with Crippen LogP contribution in [-0.2, 0) is 16.1 Å². The molecule has 0 fully saturated rings. The lowest BCUT2D eigenvalue weighted by molar-refractivity contribution is -0.118. The Kier molecular flexibility index (Phi) is 4.16. The van der Waals surface area contributed by atoms with Gasteiger partial charge in [-0.05, 0) is 49.4 Å². The van der Waals surface area contributed by atoms with Gasteiger partial charge in [0.05, 0.1) is 29.7 Å². The number of methoxy groups -OCH3 is 1. The van der Waals surface area contributed by atoms with Crippen LogP contribution < -0.4 is 4.90 Å². The molecule has 2 heterocycles. The van der Waals surface area contributed by atoms with Crippen LogP contribution in [0.2, 0.25) is 5.02 Å². The molecule has 7 nitrogen and oxygen atoms in total. The van der Waals surface area contributed by atoms with E-state index in [1.165, 1.54) is 7.11 Å². The largest absolute Gasteiger partial charge is 0.465 e. The van der Waals surface area contributed by atoms with Crippen LogP contribution in [0.4, 0.5) is 11.4 Å². The molecule has 0 saturated carbocycles. The lowest BCUT2D eigenvalue weighted by Crippen LogP contribution is -2.28. The number of hydrogen-bond acceptors (Lipinski definition) is 5. The highest BCUT2D eigenvalue weighted by molar-refractivity contribution is 6.30. The zero-order valence-electron chi connectivity index (χ0n) is 14.6. The summed E-state index contributed by atoms with van der Waals surface area (Å²) < 4.78 is 6.40. The molecule has 0 radical (unpaired) electrons. The maximum Gasteiger partial charge on any atom is 0.337 e. The summed E-state index contributed by atoms with van der Waals surface area (Å²) in [4.78, 5) is 26.7. The molecule has 0 bridgehead atoms. The molecule has 0 saturated heterocycles. The predicted octanol–water partition coefficient (Wildman–Crippen LogP) is 3.37. The molecule has 0 unspecified atom stereocenters. The quantitative estimate of drug-likeness (QED) is 0.635. The Balaban J connectivity index is 1.99. The van der Waals surface area contributed by atoms with Crippen LogP contribution in [-0.4, -0.2) is 34.0 Å². The van der Waals surface area contributed by atoms with Crippen molar-refractivity contribution in [3.63, 3.8) is 0 Å². The van der Waals surface area contributed by atoms with E-state index in [0.29, 0.717) is 27.7 Å². The molecule has 8 heteroatoms. The summed E-state index contributed by atoms with van der Waals surface area (Å²) in [5, 5.41) is 8.74. The van der Waals surface area contributed by atoms with Gasteiger partial charge in [0.1, 0.15) is 6.54 Å². The third kappa shape index (κ3) is 2.86. The zero-order chi connectivity index (χ0) is 19.1. The number of rotatable bonds is 2. The fraction of sp³-hybridized carbons (Fsp3) is 0.158. The first-order valence-corrected chi connectivity index (χ1v) is 8.58. The van der Waals surface area contributed by atoms with Crippen LogP contribution in [0.25, 0.3) is 11.3 Å². The standard InChI is InChI=1S/C19H15ClN4O3/c1-11-18-15-8-3-12(19(26)27-2)9-16(15)24(14-6-4-13(20)5-7-14)17(25)10-23(18)22-21-11/h3-9H,10H2,1-2H3. The van der Waals surface area contributed by atoms with Crippen LogP contribution in [0, 0.1) is 6.92 Å². The van der Waals surface area contributed by atoms with E-state index in [0.717, 1.165) is 11.3 Å². The molecule has 0 spiro atoms. The maximum atomic E-state index is 13.1. The van der Waals surface area contributed by atoms with Gasteiger partial charge in [-0.1, -0.05) is 16.8 Å². The summed E-state index contributed by atoms with van der Waals surface area (Å²) in [7, 11) is 1.32. The minimum absolute atomic E-state index is 0.0288. The van der Waals surface area contributed by atoms with Crippen LogP contribution in [0.5, 0.6) is 0 Å². The number of aromatic nitrogens is 3. The van der Waals surface area contributed by atoms with E-state index in [-0.39, 0.29) is 12.5 Å². The number of nitrogens with zero attached hydrogens (tertiary/aromatic N) is 4. The molecule has 0 N–H and O–H groups in total. The second-order valence-electron chi connectivity index (χ2n) is 6.11. The topological polar surface area (TPSA) is 77.3 Å². The first-order chi connectivity index (χ1) is 13.0. The molecule has 27 heavy (non-hydrogen) atoms. The molecule has 2 aromatic carbocycles. The van der Waals surface area contributed by atoms with E-state index in [2.05, 4.69) is 10.3 Å². The monoisotopic (exact) mass is 382 g/mol. The predicted molar refractivity (Wildman–Crippen MR) is 100 cm³/mol. The molecule has 136 valence electrons. The van der Waals surface area contributed by atoms with Gasteiger partial charge in [0.2, 0.25) is 0 Å². The second kappa shape index (κ2) is 6.51. The number of esters is 1. The lowest BCUT2D eigenvalue weighted by Gasteiger charge is -2.23. The summed E-state index contributed by atoms with van der Waals surface area (Å²) >= 11 is 5.99. The van der Waals surface area contributed by atoms with Gasteiger partial charge in [-0.2, -0.15) is 0 Å². The maximum absolute atomic E-state index is 13.1. The number of halogens is 1. The van der Waals surface area contributed by atoms with Crippen LogP contribution in [0.15, 0.2) is 42.5 Å². The first kappa shape index (κ1) is 17.2. The molecule has 4 rings (SSSR count).